The molecule has 1 N–H and O–H groups in total. The highest BCUT2D eigenvalue weighted by atomic mass is 16.2. The maximum atomic E-state index is 13.2. The van der Waals surface area contributed by atoms with Gasteiger partial charge in [-0.1, -0.05) is 30.3 Å². The SMILES string of the molecule is O=C(N1CCNCC1)n1cnc2c3cccnc3cc(-c3ccccc3)c21. The van der Waals surface area contributed by atoms with E-state index >= 15 is 0 Å². The van der Waals surface area contributed by atoms with Crippen molar-refractivity contribution >= 4 is 28.0 Å². The van der Waals surface area contributed by atoms with Gasteiger partial charge in [0.1, 0.15) is 6.33 Å². The second-order valence-electron chi connectivity index (χ2n) is 6.69. The number of fused-ring (bicyclic) bond motifs is 3. The molecule has 0 unspecified atom stereocenters. The molecule has 134 valence electrons. The lowest BCUT2D eigenvalue weighted by Gasteiger charge is -2.27. The summed E-state index contributed by atoms with van der Waals surface area (Å²) in [6.07, 6.45) is 3.43. The Morgan fingerprint density at radius 2 is 1.81 bits per heavy atom. The minimum Gasteiger partial charge on any atom is -0.321 e. The predicted molar refractivity (Wildman–Crippen MR) is 106 cm³/mol. The number of imidazole rings is 1. The summed E-state index contributed by atoms with van der Waals surface area (Å²) in [7, 11) is 0. The Hall–Kier alpha value is -3.25. The van der Waals surface area contributed by atoms with Crippen molar-refractivity contribution in [3.63, 3.8) is 0 Å². The summed E-state index contributed by atoms with van der Waals surface area (Å²) in [5.41, 5.74) is 4.54. The summed E-state index contributed by atoms with van der Waals surface area (Å²) in [4.78, 5) is 24.2. The highest BCUT2D eigenvalue weighted by Gasteiger charge is 2.22. The molecular weight excluding hydrogens is 338 g/mol. The highest BCUT2D eigenvalue weighted by Crippen LogP contribution is 2.33. The molecule has 0 bridgehead atoms. The Balaban J connectivity index is 1.78. The van der Waals surface area contributed by atoms with E-state index in [1.807, 2.05) is 35.2 Å². The molecule has 6 nitrogen and oxygen atoms in total. The van der Waals surface area contributed by atoms with Crippen molar-refractivity contribution in [2.75, 3.05) is 26.2 Å². The number of pyridine rings is 1. The number of benzene rings is 2. The normalized spacial score (nSPS) is 14.7. The van der Waals surface area contributed by atoms with Crippen LogP contribution < -0.4 is 5.32 Å². The van der Waals surface area contributed by atoms with Gasteiger partial charge in [-0.25, -0.2) is 14.3 Å². The van der Waals surface area contributed by atoms with Gasteiger partial charge in [0.15, 0.2) is 0 Å². The highest BCUT2D eigenvalue weighted by molar-refractivity contribution is 6.11. The lowest BCUT2D eigenvalue weighted by atomic mass is 10.0. The molecule has 0 radical (unpaired) electrons. The first-order valence-corrected chi connectivity index (χ1v) is 9.13. The fraction of sp³-hybridized carbons (Fsp3) is 0.190. The van der Waals surface area contributed by atoms with Crippen LogP contribution in [0.1, 0.15) is 0 Å². The molecule has 0 atom stereocenters. The first-order chi connectivity index (χ1) is 13.3. The summed E-state index contributed by atoms with van der Waals surface area (Å²) in [5, 5.41) is 4.24. The summed E-state index contributed by atoms with van der Waals surface area (Å²) < 4.78 is 1.69. The van der Waals surface area contributed by atoms with Gasteiger partial charge in [-0.2, -0.15) is 0 Å². The number of carbonyl (C=O) groups excluding carboxylic acids is 1. The van der Waals surface area contributed by atoms with Crippen molar-refractivity contribution in [3.8, 4) is 11.1 Å². The molecule has 1 aliphatic heterocycles. The van der Waals surface area contributed by atoms with E-state index in [1.54, 1.807) is 17.1 Å². The average Bonchev–Trinajstić information content (AvgIpc) is 3.19. The summed E-state index contributed by atoms with van der Waals surface area (Å²) in [6.45, 7) is 3.04. The van der Waals surface area contributed by atoms with Gasteiger partial charge in [0.05, 0.1) is 16.6 Å². The number of hydrogen-bond acceptors (Lipinski definition) is 4. The van der Waals surface area contributed by atoms with Crippen LogP contribution in [-0.2, 0) is 0 Å². The second-order valence-corrected chi connectivity index (χ2v) is 6.69. The monoisotopic (exact) mass is 357 g/mol. The van der Waals surface area contributed by atoms with Crippen LogP contribution in [0.4, 0.5) is 4.79 Å². The largest absolute Gasteiger partial charge is 0.330 e. The molecule has 0 aliphatic carbocycles. The van der Waals surface area contributed by atoms with Gasteiger partial charge in [-0.15, -0.1) is 0 Å². The second kappa shape index (κ2) is 6.48. The van der Waals surface area contributed by atoms with E-state index in [0.717, 1.165) is 46.2 Å². The fourth-order valence-electron chi connectivity index (χ4n) is 3.73. The molecule has 2 aromatic carbocycles. The van der Waals surface area contributed by atoms with Gasteiger partial charge in [-0.3, -0.25) is 4.98 Å². The number of piperazine rings is 1. The predicted octanol–water partition coefficient (Wildman–Crippen LogP) is 3.12. The Kier molecular flexibility index (Phi) is 3.83. The van der Waals surface area contributed by atoms with Crippen LogP contribution in [0.15, 0.2) is 61.1 Å². The van der Waals surface area contributed by atoms with Crippen LogP contribution in [0.25, 0.3) is 33.1 Å². The molecule has 1 fully saturated rings. The van der Waals surface area contributed by atoms with E-state index < -0.39 is 0 Å². The topological polar surface area (TPSA) is 63.1 Å². The third kappa shape index (κ3) is 2.65. The van der Waals surface area contributed by atoms with Gasteiger partial charge >= 0.3 is 6.03 Å². The number of rotatable bonds is 1. The molecule has 6 heteroatoms. The van der Waals surface area contributed by atoms with Crippen molar-refractivity contribution in [2.45, 2.75) is 0 Å². The first kappa shape index (κ1) is 16.0. The third-order valence-corrected chi connectivity index (χ3v) is 5.08. The minimum atomic E-state index is -0.0283. The maximum Gasteiger partial charge on any atom is 0.330 e. The van der Waals surface area contributed by atoms with E-state index in [2.05, 4.69) is 33.5 Å². The van der Waals surface area contributed by atoms with Gasteiger partial charge in [0.25, 0.3) is 0 Å². The zero-order chi connectivity index (χ0) is 18.2. The van der Waals surface area contributed by atoms with Crippen LogP contribution in [0.2, 0.25) is 0 Å². The zero-order valence-electron chi connectivity index (χ0n) is 14.8. The van der Waals surface area contributed by atoms with Crippen molar-refractivity contribution in [2.24, 2.45) is 0 Å². The Morgan fingerprint density at radius 3 is 2.63 bits per heavy atom. The molecule has 5 rings (SSSR count). The third-order valence-electron chi connectivity index (χ3n) is 5.08. The zero-order valence-corrected chi connectivity index (χ0v) is 14.8. The van der Waals surface area contributed by atoms with E-state index in [4.69, 9.17) is 0 Å². The molecule has 0 spiro atoms. The van der Waals surface area contributed by atoms with E-state index in [0.29, 0.717) is 13.1 Å². The van der Waals surface area contributed by atoms with Crippen LogP contribution in [0.3, 0.4) is 0 Å². The molecule has 1 saturated heterocycles. The number of nitrogens with one attached hydrogen (secondary N) is 1. The quantitative estimate of drug-likeness (QED) is 0.568. The summed E-state index contributed by atoms with van der Waals surface area (Å²) >= 11 is 0. The molecule has 0 saturated carbocycles. The van der Waals surface area contributed by atoms with Crippen LogP contribution in [-0.4, -0.2) is 51.6 Å². The smallest absolute Gasteiger partial charge is 0.321 e. The van der Waals surface area contributed by atoms with Crippen LogP contribution in [0, 0.1) is 0 Å². The number of carbonyl (C=O) groups is 1. The Bertz CT molecular complexity index is 1130. The molecule has 3 heterocycles. The lowest BCUT2D eigenvalue weighted by Crippen LogP contribution is -2.47. The Labute approximate surface area is 156 Å². The molecule has 2 aromatic heterocycles. The van der Waals surface area contributed by atoms with Crippen molar-refractivity contribution in [1.82, 2.24) is 24.8 Å². The molecular formula is C21H19N5O. The number of nitrogens with zero attached hydrogens (tertiary/aromatic N) is 4. The number of hydrogen-bond donors (Lipinski definition) is 1. The van der Waals surface area contributed by atoms with Gasteiger partial charge in [-0.05, 0) is 23.8 Å². The molecule has 4 aromatic rings. The van der Waals surface area contributed by atoms with Gasteiger partial charge in [0, 0.05) is 43.3 Å². The Morgan fingerprint density at radius 1 is 1.00 bits per heavy atom. The maximum absolute atomic E-state index is 13.2. The van der Waals surface area contributed by atoms with Crippen molar-refractivity contribution < 1.29 is 4.79 Å². The minimum absolute atomic E-state index is 0.0283. The van der Waals surface area contributed by atoms with Gasteiger partial charge in [0.2, 0.25) is 0 Å². The first-order valence-electron chi connectivity index (χ1n) is 9.13. The average molecular weight is 357 g/mol. The van der Waals surface area contributed by atoms with Crippen LogP contribution >= 0.6 is 0 Å². The number of amides is 1. The summed E-state index contributed by atoms with van der Waals surface area (Å²) in [6, 6.07) is 16.0. The van der Waals surface area contributed by atoms with Crippen molar-refractivity contribution in [1.29, 1.82) is 0 Å². The molecule has 1 aliphatic rings. The van der Waals surface area contributed by atoms with Crippen molar-refractivity contribution in [3.05, 3.63) is 61.1 Å². The van der Waals surface area contributed by atoms with Crippen LogP contribution in [0.5, 0.6) is 0 Å². The lowest BCUT2D eigenvalue weighted by molar-refractivity contribution is 0.192. The van der Waals surface area contributed by atoms with Gasteiger partial charge < -0.3 is 10.2 Å². The molecule has 27 heavy (non-hydrogen) atoms. The number of aromatic nitrogens is 3. The van der Waals surface area contributed by atoms with E-state index in [9.17, 15) is 4.79 Å². The molecule has 1 amide bonds. The fourth-order valence-corrected chi connectivity index (χ4v) is 3.73. The van der Waals surface area contributed by atoms with E-state index in [-0.39, 0.29) is 6.03 Å². The van der Waals surface area contributed by atoms with E-state index in [1.165, 1.54) is 0 Å². The summed E-state index contributed by atoms with van der Waals surface area (Å²) in [5.74, 6) is 0. The standard InChI is InChI=1S/C21H19N5O/c27-21(25-11-9-22-10-12-25)26-14-24-19-16-7-4-8-23-18(16)13-17(20(19)26)15-5-2-1-3-6-15/h1-8,13-14,22H,9-12H2.